The summed E-state index contributed by atoms with van der Waals surface area (Å²) in [5, 5.41) is 3.53. The van der Waals surface area contributed by atoms with Gasteiger partial charge in [-0.05, 0) is 37.8 Å². The van der Waals surface area contributed by atoms with Crippen molar-refractivity contribution in [1.82, 2.24) is 5.32 Å². The van der Waals surface area contributed by atoms with E-state index in [1.54, 1.807) is 0 Å². The summed E-state index contributed by atoms with van der Waals surface area (Å²) in [4.78, 5) is 0. The lowest BCUT2D eigenvalue weighted by Gasteiger charge is -2.18. The number of hydrogen-bond donors (Lipinski definition) is 1. The van der Waals surface area contributed by atoms with Gasteiger partial charge in [0.15, 0.2) is 0 Å². The molecule has 0 aromatic heterocycles. The molecular formula is C16H35NO. The maximum absolute atomic E-state index is 5.51. The van der Waals surface area contributed by atoms with Gasteiger partial charge in [0, 0.05) is 7.11 Å². The first-order chi connectivity index (χ1) is 8.49. The maximum atomic E-state index is 5.51. The number of nitrogens with one attached hydrogen (secondary N) is 1. The highest BCUT2D eigenvalue weighted by atomic mass is 16.5. The van der Waals surface area contributed by atoms with Crippen LogP contribution in [0.3, 0.4) is 0 Å². The molecule has 1 atom stereocenters. The number of ether oxygens (including phenoxy) is 1. The lowest BCUT2D eigenvalue weighted by molar-refractivity contribution is 0.0837. The first-order valence-corrected chi connectivity index (χ1v) is 7.73. The lowest BCUT2D eigenvalue weighted by atomic mass is 9.97. The highest BCUT2D eigenvalue weighted by Crippen LogP contribution is 2.13. The molecule has 0 aliphatic rings. The minimum Gasteiger partial charge on any atom is -0.381 e. The molecule has 18 heavy (non-hydrogen) atoms. The Hall–Kier alpha value is -0.0800. The van der Waals surface area contributed by atoms with E-state index in [0.29, 0.717) is 11.5 Å². The molecule has 2 heteroatoms. The first-order valence-electron chi connectivity index (χ1n) is 7.73. The van der Waals surface area contributed by atoms with Gasteiger partial charge in [-0.25, -0.2) is 0 Å². The predicted molar refractivity (Wildman–Crippen MR) is 81.1 cm³/mol. The van der Waals surface area contributed by atoms with Gasteiger partial charge in [0.2, 0.25) is 0 Å². The van der Waals surface area contributed by atoms with E-state index in [2.05, 4.69) is 33.0 Å². The Balaban J connectivity index is 3.33. The highest BCUT2D eigenvalue weighted by molar-refractivity contribution is 4.65. The molecule has 0 unspecified atom stereocenters. The van der Waals surface area contributed by atoms with Crippen LogP contribution in [0.25, 0.3) is 0 Å². The van der Waals surface area contributed by atoms with E-state index in [1.807, 2.05) is 7.11 Å². The van der Waals surface area contributed by atoms with E-state index < -0.39 is 0 Å². The van der Waals surface area contributed by atoms with E-state index in [9.17, 15) is 0 Å². The SMILES string of the molecule is CCCC[C@H](CCCCCNCC(C)(C)C)OC. The molecule has 0 saturated carbocycles. The van der Waals surface area contributed by atoms with Crippen molar-refractivity contribution in [3.63, 3.8) is 0 Å². The van der Waals surface area contributed by atoms with Gasteiger partial charge < -0.3 is 10.1 Å². The number of rotatable bonds is 11. The van der Waals surface area contributed by atoms with Crippen LogP contribution >= 0.6 is 0 Å². The van der Waals surface area contributed by atoms with Crippen LogP contribution in [0.2, 0.25) is 0 Å². The normalized spacial score (nSPS) is 13.8. The average Bonchev–Trinajstić information content (AvgIpc) is 2.30. The Labute approximate surface area is 115 Å². The zero-order valence-electron chi connectivity index (χ0n) is 13.3. The van der Waals surface area contributed by atoms with E-state index in [4.69, 9.17) is 4.74 Å². The van der Waals surface area contributed by atoms with Crippen LogP contribution in [-0.2, 0) is 4.74 Å². The standard InChI is InChI=1S/C16H35NO/c1-6-7-11-15(18-5)12-9-8-10-13-17-14-16(2,3)4/h15,17H,6-14H2,1-5H3/t15-/m1/s1. The van der Waals surface area contributed by atoms with Crippen molar-refractivity contribution in [2.24, 2.45) is 5.41 Å². The van der Waals surface area contributed by atoms with Crippen molar-refractivity contribution in [2.45, 2.75) is 78.7 Å². The second kappa shape index (κ2) is 10.8. The first kappa shape index (κ1) is 17.9. The fourth-order valence-corrected chi connectivity index (χ4v) is 2.07. The summed E-state index contributed by atoms with van der Waals surface area (Å²) in [7, 11) is 1.85. The molecule has 2 nitrogen and oxygen atoms in total. The van der Waals surface area contributed by atoms with Crippen LogP contribution in [-0.4, -0.2) is 26.3 Å². The summed E-state index contributed by atoms with van der Waals surface area (Å²) in [5.74, 6) is 0. The third-order valence-electron chi connectivity index (χ3n) is 3.25. The zero-order valence-corrected chi connectivity index (χ0v) is 13.3. The van der Waals surface area contributed by atoms with Gasteiger partial charge in [0.05, 0.1) is 6.10 Å². The van der Waals surface area contributed by atoms with Gasteiger partial charge in [0.1, 0.15) is 0 Å². The van der Waals surface area contributed by atoms with Crippen molar-refractivity contribution in [2.75, 3.05) is 20.2 Å². The van der Waals surface area contributed by atoms with Crippen LogP contribution in [0.4, 0.5) is 0 Å². The second-order valence-electron chi connectivity index (χ2n) is 6.59. The molecule has 1 N–H and O–H groups in total. The van der Waals surface area contributed by atoms with Crippen LogP contribution in [0.5, 0.6) is 0 Å². The van der Waals surface area contributed by atoms with Gasteiger partial charge >= 0.3 is 0 Å². The lowest BCUT2D eigenvalue weighted by Crippen LogP contribution is -2.27. The third kappa shape index (κ3) is 12.4. The molecule has 0 rings (SSSR count). The largest absolute Gasteiger partial charge is 0.381 e. The van der Waals surface area contributed by atoms with Gasteiger partial charge in [-0.15, -0.1) is 0 Å². The summed E-state index contributed by atoms with van der Waals surface area (Å²) in [5.41, 5.74) is 0.404. The van der Waals surface area contributed by atoms with Gasteiger partial charge in [0.25, 0.3) is 0 Å². The van der Waals surface area contributed by atoms with Crippen molar-refractivity contribution in [3.05, 3.63) is 0 Å². The Bertz CT molecular complexity index is 174. The molecule has 0 aromatic carbocycles. The fraction of sp³-hybridized carbons (Fsp3) is 1.00. The Morgan fingerprint density at radius 1 is 1.00 bits per heavy atom. The molecular weight excluding hydrogens is 222 g/mol. The number of unbranched alkanes of at least 4 members (excludes halogenated alkanes) is 3. The third-order valence-corrected chi connectivity index (χ3v) is 3.25. The van der Waals surface area contributed by atoms with Crippen molar-refractivity contribution in [3.8, 4) is 0 Å². The minimum atomic E-state index is 0.404. The molecule has 0 aliphatic carbocycles. The quantitative estimate of drug-likeness (QED) is 0.554. The Morgan fingerprint density at radius 2 is 1.67 bits per heavy atom. The Kier molecular flexibility index (Phi) is 10.8. The van der Waals surface area contributed by atoms with E-state index in [-0.39, 0.29) is 0 Å². The molecule has 0 amide bonds. The Morgan fingerprint density at radius 3 is 2.22 bits per heavy atom. The summed E-state index contributed by atoms with van der Waals surface area (Å²) in [6, 6.07) is 0. The summed E-state index contributed by atoms with van der Waals surface area (Å²) in [6.45, 7) is 11.3. The van der Waals surface area contributed by atoms with Crippen molar-refractivity contribution >= 4 is 0 Å². The monoisotopic (exact) mass is 257 g/mol. The molecule has 0 bridgehead atoms. The van der Waals surface area contributed by atoms with Crippen molar-refractivity contribution < 1.29 is 4.74 Å². The summed E-state index contributed by atoms with van der Waals surface area (Å²) >= 11 is 0. The molecule has 0 aromatic rings. The molecule has 110 valence electrons. The molecule has 0 heterocycles. The van der Waals surface area contributed by atoms with Crippen LogP contribution in [0.1, 0.15) is 72.6 Å². The average molecular weight is 257 g/mol. The van der Waals surface area contributed by atoms with Gasteiger partial charge in [-0.3, -0.25) is 0 Å². The van der Waals surface area contributed by atoms with Crippen LogP contribution < -0.4 is 5.32 Å². The van der Waals surface area contributed by atoms with Crippen LogP contribution in [0.15, 0.2) is 0 Å². The van der Waals surface area contributed by atoms with E-state index >= 15 is 0 Å². The predicted octanol–water partition coefficient (Wildman–Crippen LogP) is 4.39. The van der Waals surface area contributed by atoms with E-state index in [1.165, 1.54) is 44.9 Å². The molecule has 0 aliphatic heterocycles. The minimum absolute atomic E-state index is 0.404. The highest BCUT2D eigenvalue weighted by Gasteiger charge is 2.08. The van der Waals surface area contributed by atoms with Gasteiger partial charge in [-0.1, -0.05) is 53.4 Å². The fourth-order valence-electron chi connectivity index (χ4n) is 2.07. The summed E-state index contributed by atoms with van der Waals surface area (Å²) in [6.07, 6.45) is 9.45. The van der Waals surface area contributed by atoms with Gasteiger partial charge in [-0.2, -0.15) is 0 Å². The topological polar surface area (TPSA) is 21.3 Å². The summed E-state index contributed by atoms with van der Waals surface area (Å²) < 4.78 is 5.51. The number of hydrogen-bond acceptors (Lipinski definition) is 2. The zero-order chi connectivity index (χ0) is 13.9. The second-order valence-corrected chi connectivity index (χ2v) is 6.59. The molecule has 0 radical (unpaired) electrons. The van der Waals surface area contributed by atoms with Crippen molar-refractivity contribution in [1.29, 1.82) is 0 Å². The smallest absolute Gasteiger partial charge is 0.0571 e. The maximum Gasteiger partial charge on any atom is 0.0571 e. The molecule has 0 spiro atoms. The number of methoxy groups -OCH3 is 1. The molecule has 0 fully saturated rings. The van der Waals surface area contributed by atoms with E-state index in [0.717, 1.165) is 13.1 Å². The van der Waals surface area contributed by atoms with Crippen LogP contribution in [0, 0.1) is 5.41 Å². The molecule has 0 saturated heterocycles.